The van der Waals surface area contributed by atoms with Crippen molar-refractivity contribution < 1.29 is 76.1 Å². The van der Waals surface area contributed by atoms with Crippen molar-refractivity contribution >= 4 is 17.9 Å². The van der Waals surface area contributed by atoms with Gasteiger partial charge in [0.2, 0.25) is 0 Å². The van der Waals surface area contributed by atoms with E-state index in [1.807, 2.05) is 0 Å². The summed E-state index contributed by atoms with van der Waals surface area (Å²) in [6.07, 6.45) is 0.133. The van der Waals surface area contributed by atoms with Gasteiger partial charge >= 0.3 is 35.7 Å². The van der Waals surface area contributed by atoms with Crippen LogP contribution in [-0.4, -0.2) is 96.3 Å². The van der Waals surface area contributed by atoms with Gasteiger partial charge in [0, 0.05) is 26.1 Å². The maximum Gasteiger partial charge on any atom is 0.377 e. The number of halogens is 6. The fourth-order valence-electron chi connectivity index (χ4n) is 3.72. The first-order valence-corrected chi connectivity index (χ1v) is 10.8. The van der Waals surface area contributed by atoms with Gasteiger partial charge in [0.15, 0.2) is 0 Å². The van der Waals surface area contributed by atoms with Gasteiger partial charge in [-0.1, -0.05) is 12.8 Å². The van der Waals surface area contributed by atoms with Crippen LogP contribution in [0.4, 0.5) is 26.3 Å². The highest BCUT2D eigenvalue weighted by Crippen LogP contribution is 2.44. The molecule has 0 spiro atoms. The number of hydrogen-bond acceptors (Lipinski definition) is 7. The van der Waals surface area contributed by atoms with Gasteiger partial charge in [-0.15, -0.1) is 0 Å². The normalized spacial score (nSPS) is 22.6. The molecule has 0 unspecified atom stereocenters. The second-order valence-corrected chi connectivity index (χ2v) is 8.91. The van der Waals surface area contributed by atoms with E-state index >= 15 is 0 Å². The van der Waals surface area contributed by atoms with E-state index in [2.05, 4.69) is 0 Å². The van der Waals surface area contributed by atoms with Crippen LogP contribution in [0.5, 0.6) is 0 Å². The summed E-state index contributed by atoms with van der Waals surface area (Å²) in [5.74, 6) is -18.9. The summed E-state index contributed by atoms with van der Waals surface area (Å²) in [5, 5.41) is 52.0. The lowest BCUT2D eigenvalue weighted by Gasteiger charge is -2.40. The third-order valence-corrected chi connectivity index (χ3v) is 6.49. The van der Waals surface area contributed by atoms with Gasteiger partial charge in [-0.3, -0.25) is 0 Å². The number of rotatable bonds is 6. The molecule has 6 N–H and O–H groups in total. The number of carboxylic acid groups (broad SMARTS) is 3. The zero-order chi connectivity index (χ0) is 28.2. The second kappa shape index (κ2) is 11.1. The minimum absolute atomic E-state index is 0.0423. The summed E-state index contributed by atoms with van der Waals surface area (Å²) < 4.78 is 81.2. The summed E-state index contributed by atoms with van der Waals surface area (Å²) in [6, 6.07) is 0. The van der Waals surface area contributed by atoms with Crippen LogP contribution in [0.25, 0.3) is 0 Å². The number of aliphatic hydroxyl groups is 3. The third-order valence-electron chi connectivity index (χ3n) is 6.49. The number of aliphatic carboxylic acids is 3. The van der Waals surface area contributed by atoms with Crippen LogP contribution in [0.3, 0.4) is 0 Å². The van der Waals surface area contributed by atoms with Crippen LogP contribution in [0.15, 0.2) is 0 Å². The van der Waals surface area contributed by atoms with Gasteiger partial charge in [-0.2, -0.15) is 26.3 Å². The molecule has 1 saturated heterocycles. The van der Waals surface area contributed by atoms with Crippen LogP contribution in [-0.2, 0) is 19.1 Å². The lowest BCUT2D eigenvalue weighted by Crippen LogP contribution is -2.57. The standard InChI is InChI=1S/C7H10F2O4.C7H10F2O3.C6H8F2O3/c8-7(9,5(10)11)6(12)1-3-13-4-2-6;8-7(9,5(10)11)6(12)3-1-2-4-6;7-6(8,4(9)10)5(11)2-1-3-5/h12H,1-4H2,(H,10,11);12H,1-4H2,(H,10,11);11H,1-3H2,(H,9,10). The number of alkyl halides is 6. The van der Waals surface area contributed by atoms with E-state index in [0.29, 0.717) is 19.3 Å². The van der Waals surface area contributed by atoms with Gasteiger partial charge in [0.05, 0.1) is 0 Å². The fourth-order valence-corrected chi connectivity index (χ4v) is 3.72. The Kier molecular flexibility index (Phi) is 9.79. The molecule has 3 rings (SSSR count). The Balaban J connectivity index is 0.000000271. The molecular weight excluding hydrogens is 514 g/mol. The molecule has 0 amide bonds. The summed E-state index contributed by atoms with van der Waals surface area (Å²) in [5.41, 5.74) is -7.07. The van der Waals surface area contributed by atoms with Crippen molar-refractivity contribution in [3.05, 3.63) is 0 Å². The average Bonchev–Trinajstić information content (AvgIpc) is 3.21. The molecule has 2 aliphatic carbocycles. The summed E-state index contributed by atoms with van der Waals surface area (Å²) in [6.45, 7) is -0.0846. The fraction of sp³-hybridized carbons (Fsp3) is 0.850. The highest BCUT2D eigenvalue weighted by atomic mass is 19.3. The lowest BCUT2D eigenvalue weighted by molar-refractivity contribution is -0.228. The molecule has 0 aromatic rings. The first kappa shape index (κ1) is 31.9. The minimum Gasteiger partial charge on any atom is -0.477 e. The van der Waals surface area contributed by atoms with Gasteiger partial charge < -0.3 is 35.4 Å². The van der Waals surface area contributed by atoms with Crippen molar-refractivity contribution in [2.75, 3.05) is 13.2 Å². The smallest absolute Gasteiger partial charge is 0.377 e. The number of carboxylic acids is 3. The molecule has 16 heteroatoms. The van der Waals surface area contributed by atoms with Gasteiger partial charge in [0.25, 0.3) is 0 Å². The first-order valence-electron chi connectivity index (χ1n) is 10.8. The van der Waals surface area contributed by atoms with E-state index in [1.54, 1.807) is 0 Å². The maximum atomic E-state index is 12.9. The minimum atomic E-state index is -4.10. The Labute approximate surface area is 200 Å². The highest BCUT2D eigenvalue weighted by Gasteiger charge is 2.62. The monoisotopic (exact) mass is 542 g/mol. The molecule has 0 radical (unpaired) electrons. The molecule has 0 aromatic carbocycles. The molecule has 1 aliphatic heterocycles. The second-order valence-electron chi connectivity index (χ2n) is 8.91. The van der Waals surface area contributed by atoms with E-state index in [4.69, 9.17) is 25.2 Å². The summed E-state index contributed by atoms with van der Waals surface area (Å²) >= 11 is 0. The summed E-state index contributed by atoms with van der Waals surface area (Å²) in [4.78, 5) is 30.2. The number of ether oxygens (including phenoxy) is 1. The van der Waals surface area contributed by atoms with Crippen LogP contribution in [0.2, 0.25) is 0 Å². The van der Waals surface area contributed by atoms with Crippen molar-refractivity contribution in [1.29, 1.82) is 0 Å². The Morgan fingerprint density at radius 1 is 0.528 bits per heavy atom. The van der Waals surface area contributed by atoms with Crippen molar-refractivity contribution in [2.45, 2.75) is 92.4 Å². The van der Waals surface area contributed by atoms with Crippen LogP contribution < -0.4 is 0 Å². The van der Waals surface area contributed by atoms with E-state index in [1.165, 1.54) is 0 Å². The first-order chi connectivity index (χ1) is 16.2. The SMILES string of the molecule is O=C(O)C(F)(F)C1(O)CCC1.O=C(O)C(F)(F)C1(O)CCCC1.O=C(O)C(F)(F)C1(O)CCOCC1. The summed E-state index contributed by atoms with van der Waals surface area (Å²) in [7, 11) is 0. The van der Waals surface area contributed by atoms with Gasteiger partial charge in [-0.05, 0) is 32.1 Å². The quantitative estimate of drug-likeness (QED) is 0.271. The molecule has 10 nitrogen and oxygen atoms in total. The molecule has 0 bridgehead atoms. The van der Waals surface area contributed by atoms with Crippen LogP contribution >= 0.6 is 0 Å². The molecular formula is C20H28F6O10. The van der Waals surface area contributed by atoms with Crippen LogP contribution in [0.1, 0.15) is 57.8 Å². The maximum absolute atomic E-state index is 12.9. The molecule has 0 atom stereocenters. The Bertz CT molecular complexity index is 803. The largest absolute Gasteiger partial charge is 0.477 e. The zero-order valence-electron chi connectivity index (χ0n) is 18.9. The lowest BCUT2D eigenvalue weighted by atomic mass is 9.75. The average molecular weight is 542 g/mol. The topological polar surface area (TPSA) is 182 Å². The Hall–Kier alpha value is -2.17. The molecule has 0 aromatic heterocycles. The predicted molar refractivity (Wildman–Crippen MR) is 105 cm³/mol. The molecule has 2 saturated carbocycles. The Morgan fingerprint density at radius 2 is 0.778 bits per heavy atom. The van der Waals surface area contributed by atoms with Crippen molar-refractivity contribution in [3.8, 4) is 0 Å². The number of carbonyl (C=O) groups is 3. The van der Waals surface area contributed by atoms with Crippen molar-refractivity contribution in [1.82, 2.24) is 0 Å². The van der Waals surface area contributed by atoms with E-state index in [9.17, 15) is 50.9 Å². The third kappa shape index (κ3) is 6.20. The van der Waals surface area contributed by atoms with Gasteiger partial charge in [0.1, 0.15) is 16.8 Å². The zero-order valence-corrected chi connectivity index (χ0v) is 18.9. The Morgan fingerprint density at radius 3 is 1.00 bits per heavy atom. The molecule has 3 aliphatic rings. The van der Waals surface area contributed by atoms with Gasteiger partial charge in [-0.25, -0.2) is 14.4 Å². The van der Waals surface area contributed by atoms with E-state index in [0.717, 1.165) is 0 Å². The van der Waals surface area contributed by atoms with Crippen molar-refractivity contribution in [2.24, 2.45) is 0 Å². The van der Waals surface area contributed by atoms with Crippen molar-refractivity contribution in [3.63, 3.8) is 0 Å². The predicted octanol–water partition coefficient (Wildman–Crippen LogP) is 1.88. The van der Waals surface area contributed by atoms with E-state index in [-0.39, 0.29) is 51.7 Å². The molecule has 36 heavy (non-hydrogen) atoms. The molecule has 210 valence electrons. The highest BCUT2D eigenvalue weighted by molar-refractivity contribution is 5.78. The number of hydrogen-bond donors (Lipinski definition) is 6. The van der Waals surface area contributed by atoms with E-state index < -0.39 is 52.5 Å². The van der Waals surface area contributed by atoms with Crippen LogP contribution in [0, 0.1) is 0 Å². The molecule has 3 fully saturated rings. The molecule has 1 heterocycles.